The number of carbonyl (C=O) groups is 1. The van der Waals surface area contributed by atoms with Crippen molar-refractivity contribution in [2.45, 2.75) is 32.6 Å². The van der Waals surface area contributed by atoms with Gasteiger partial charge in [-0.3, -0.25) is 4.79 Å². The van der Waals surface area contributed by atoms with Crippen LogP contribution in [0.1, 0.15) is 41.2 Å². The van der Waals surface area contributed by atoms with Crippen LogP contribution in [-0.2, 0) is 0 Å². The van der Waals surface area contributed by atoms with Crippen LogP contribution in [0.25, 0.3) is 0 Å². The Labute approximate surface area is 93.7 Å². The highest BCUT2D eigenvalue weighted by atomic mass is 32.1. The van der Waals surface area contributed by atoms with Crippen molar-refractivity contribution < 1.29 is 4.79 Å². The fourth-order valence-corrected chi connectivity index (χ4v) is 3.63. The minimum absolute atomic E-state index is 0.316. The van der Waals surface area contributed by atoms with Gasteiger partial charge in [0.05, 0.1) is 5.01 Å². The van der Waals surface area contributed by atoms with Gasteiger partial charge in [-0.25, -0.2) is 4.98 Å². The van der Waals surface area contributed by atoms with Gasteiger partial charge in [0.25, 0.3) is 0 Å². The van der Waals surface area contributed by atoms with E-state index in [1.807, 2.05) is 12.3 Å². The average Bonchev–Trinajstić information content (AvgIpc) is 2.82. The molecule has 0 radical (unpaired) electrons. The Balaban J connectivity index is 1.76. The van der Waals surface area contributed by atoms with Crippen molar-refractivity contribution >= 4 is 17.1 Å². The van der Waals surface area contributed by atoms with Crippen LogP contribution in [0.4, 0.5) is 0 Å². The van der Waals surface area contributed by atoms with E-state index in [4.69, 9.17) is 0 Å². The van der Waals surface area contributed by atoms with Crippen LogP contribution in [0.15, 0.2) is 5.38 Å². The molecule has 80 valence electrons. The molecule has 0 N–H and O–H groups in total. The van der Waals surface area contributed by atoms with Gasteiger partial charge in [0.1, 0.15) is 5.69 Å². The minimum Gasteiger partial charge on any atom is -0.292 e. The van der Waals surface area contributed by atoms with Crippen molar-refractivity contribution in [3.05, 3.63) is 16.1 Å². The van der Waals surface area contributed by atoms with Crippen molar-refractivity contribution in [1.29, 1.82) is 0 Å². The summed E-state index contributed by atoms with van der Waals surface area (Å²) in [5, 5.41) is 2.92. The van der Waals surface area contributed by atoms with Crippen LogP contribution in [0, 0.1) is 24.7 Å². The van der Waals surface area contributed by atoms with Gasteiger partial charge in [0.2, 0.25) is 0 Å². The van der Waals surface area contributed by atoms with Gasteiger partial charge in [-0.15, -0.1) is 11.3 Å². The summed E-state index contributed by atoms with van der Waals surface area (Å²) in [7, 11) is 0. The van der Waals surface area contributed by atoms with E-state index in [1.54, 1.807) is 11.3 Å². The summed E-state index contributed by atoms with van der Waals surface area (Å²) >= 11 is 1.58. The number of nitrogens with zero attached hydrogens (tertiary/aromatic N) is 1. The normalized spacial score (nSPS) is 33.5. The van der Waals surface area contributed by atoms with Gasteiger partial charge in [-0.2, -0.15) is 0 Å². The first-order valence-corrected chi connectivity index (χ1v) is 6.61. The van der Waals surface area contributed by atoms with Crippen LogP contribution in [-0.4, -0.2) is 10.8 Å². The zero-order valence-corrected chi connectivity index (χ0v) is 9.72. The molecule has 0 aliphatic heterocycles. The quantitative estimate of drug-likeness (QED) is 0.718. The summed E-state index contributed by atoms with van der Waals surface area (Å²) in [6.07, 6.45) is 5.18. The molecule has 0 amide bonds. The maximum atomic E-state index is 12.1. The number of carbonyl (C=O) groups excluding carboxylic acids is 1. The number of hydrogen-bond donors (Lipinski definition) is 0. The molecule has 2 saturated carbocycles. The van der Waals surface area contributed by atoms with E-state index in [0.717, 1.165) is 10.7 Å². The molecule has 15 heavy (non-hydrogen) atoms. The number of hydrogen-bond acceptors (Lipinski definition) is 3. The maximum Gasteiger partial charge on any atom is 0.185 e. The van der Waals surface area contributed by atoms with E-state index < -0.39 is 0 Å². The molecule has 1 heterocycles. The van der Waals surface area contributed by atoms with Gasteiger partial charge in [-0.05, 0) is 31.6 Å². The first kappa shape index (κ1) is 9.52. The molecule has 0 saturated heterocycles. The van der Waals surface area contributed by atoms with E-state index in [2.05, 4.69) is 4.98 Å². The van der Waals surface area contributed by atoms with Crippen LogP contribution < -0.4 is 0 Å². The summed E-state index contributed by atoms with van der Waals surface area (Å²) in [5.74, 6) is 2.05. The molecular weight excluding hydrogens is 206 g/mol. The number of aryl methyl sites for hydroxylation is 1. The molecular formula is C12H15NOS. The van der Waals surface area contributed by atoms with Gasteiger partial charge in [0, 0.05) is 11.3 Å². The predicted molar refractivity (Wildman–Crippen MR) is 60.1 cm³/mol. The second-order valence-corrected chi connectivity index (χ2v) is 5.82. The number of Topliss-reactive ketones (excluding diaryl/α,β-unsaturated/α-hetero) is 1. The molecule has 1 aromatic rings. The number of ketones is 1. The number of rotatable bonds is 2. The fourth-order valence-electron chi connectivity index (χ4n) is 3.03. The summed E-state index contributed by atoms with van der Waals surface area (Å²) in [6.45, 7) is 1.96. The molecule has 0 aromatic carbocycles. The topological polar surface area (TPSA) is 30.0 Å². The third-order valence-corrected chi connectivity index (χ3v) is 4.60. The first-order valence-electron chi connectivity index (χ1n) is 5.74. The highest BCUT2D eigenvalue weighted by Crippen LogP contribution is 2.56. The van der Waals surface area contributed by atoms with Gasteiger partial charge < -0.3 is 0 Å². The Hall–Kier alpha value is -0.700. The SMILES string of the molecule is Cc1nc(C(=O)C2C3CCCCC32)cs1. The Morgan fingerprint density at radius 3 is 2.60 bits per heavy atom. The molecule has 3 rings (SSSR count). The molecule has 2 nitrogen and oxygen atoms in total. The fraction of sp³-hybridized carbons (Fsp3) is 0.667. The smallest absolute Gasteiger partial charge is 0.185 e. The Morgan fingerprint density at radius 1 is 1.40 bits per heavy atom. The maximum absolute atomic E-state index is 12.1. The first-order chi connectivity index (χ1) is 7.27. The van der Waals surface area contributed by atoms with Gasteiger partial charge in [-0.1, -0.05) is 12.8 Å². The zero-order chi connectivity index (χ0) is 10.4. The molecule has 1 aromatic heterocycles. The van der Waals surface area contributed by atoms with Crippen LogP contribution >= 0.6 is 11.3 Å². The highest BCUT2D eigenvalue weighted by molar-refractivity contribution is 7.09. The van der Waals surface area contributed by atoms with E-state index in [1.165, 1.54) is 25.7 Å². The molecule has 3 heteroatoms. The summed E-state index contributed by atoms with van der Waals surface area (Å²) in [6, 6.07) is 0. The molecule has 2 aliphatic rings. The van der Waals surface area contributed by atoms with E-state index in [0.29, 0.717) is 23.5 Å². The Kier molecular flexibility index (Phi) is 2.16. The van der Waals surface area contributed by atoms with Crippen molar-refractivity contribution in [3.8, 4) is 0 Å². The van der Waals surface area contributed by atoms with Crippen LogP contribution in [0.3, 0.4) is 0 Å². The Bertz CT molecular complexity index is 386. The second-order valence-electron chi connectivity index (χ2n) is 4.75. The third kappa shape index (κ3) is 1.53. The van der Waals surface area contributed by atoms with Crippen molar-refractivity contribution in [1.82, 2.24) is 4.98 Å². The lowest BCUT2D eigenvalue weighted by Crippen LogP contribution is -2.04. The molecule has 2 unspecified atom stereocenters. The summed E-state index contributed by atoms with van der Waals surface area (Å²) in [4.78, 5) is 16.4. The molecule has 2 aliphatic carbocycles. The van der Waals surface area contributed by atoms with E-state index in [-0.39, 0.29) is 0 Å². The number of thiazole rings is 1. The molecule has 0 spiro atoms. The minimum atomic E-state index is 0.316. The number of fused-ring (bicyclic) bond motifs is 1. The zero-order valence-electron chi connectivity index (χ0n) is 8.90. The lowest BCUT2D eigenvalue weighted by Gasteiger charge is -2.04. The summed E-state index contributed by atoms with van der Waals surface area (Å²) < 4.78 is 0. The van der Waals surface area contributed by atoms with E-state index in [9.17, 15) is 4.79 Å². The number of aromatic nitrogens is 1. The van der Waals surface area contributed by atoms with Gasteiger partial charge >= 0.3 is 0 Å². The highest BCUT2D eigenvalue weighted by Gasteiger charge is 2.54. The van der Waals surface area contributed by atoms with Crippen LogP contribution in [0.5, 0.6) is 0 Å². The van der Waals surface area contributed by atoms with Crippen molar-refractivity contribution in [2.75, 3.05) is 0 Å². The second kappa shape index (κ2) is 3.41. The van der Waals surface area contributed by atoms with E-state index >= 15 is 0 Å². The monoisotopic (exact) mass is 221 g/mol. The van der Waals surface area contributed by atoms with Crippen LogP contribution in [0.2, 0.25) is 0 Å². The van der Waals surface area contributed by atoms with Gasteiger partial charge in [0.15, 0.2) is 5.78 Å². The lowest BCUT2D eigenvalue weighted by atomic mass is 10.0. The third-order valence-electron chi connectivity index (χ3n) is 3.83. The predicted octanol–water partition coefficient (Wildman–Crippen LogP) is 3.07. The molecule has 2 atom stereocenters. The lowest BCUT2D eigenvalue weighted by molar-refractivity contribution is 0.0952. The summed E-state index contributed by atoms with van der Waals surface area (Å²) in [5.41, 5.74) is 0.719. The Morgan fingerprint density at radius 2 is 2.07 bits per heavy atom. The van der Waals surface area contributed by atoms with Crippen molar-refractivity contribution in [2.24, 2.45) is 17.8 Å². The molecule has 0 bridgehead atoms. The standard InChI is InChI=1S/C12H15NOS/c1-7-13-10(6-15-7)12(14)11-8-4-2-3-5-9(8)11/h6,8-9,11H,2-5H2,1H3. The largest absolute Gasteiger partial charge is 0.292 e. The van der Waals surface area contributed by atoms with Crippen molar-refractivity contribution in [3.63, 3.8) is 0 Å². The molecule has 2 fully saturated rings. The average molecular weight is 221 g/mol.